The number of anilines is 1. The summed E-state index contributed by atoms with van der Waals surface area (Å²) in [6.07, 6.45) is 0.529. The second-order valence-electron chi connectivity index (χ2n) is 6.11. The Hall–Kier alpha value is -2.69. The molecule has 0 radical (unpaired) electrons. The Bertz CT molecular complexity index is 758. The van der Waals surface area contributed by atoms with Gasteiger partial charge < -0.3 is 10.6 Å². The third-order valence-electron chi connectivity index (χ3n) is 4.19. The number of nitrogens with one attached hydrogen (secondary N) is 2. The fourth-order valence-electron chi connectivity index (χ4n) is 2.60. The van der Waals surface area contributed by atoms with Gasteiger partial charge in [-0.25, -0.2) is 4.39 Å². The summed E-state index contributed by atoms with van der Waals surface area (Å²) in [6, 6.07) is 13.8. The van der Waals surface area contributed by atoms with Crippen LogP contribution in [0.15, 0.2) is 48.5 Å². The van der Waals surface area contributed by atoms with E-state index in [-0.39, 0.29) is 36.0 Å². The van der Waals surface area contributed by atoms with Crippen LogP contribution in [0.2, 0.25) is 0 Å². The molecule has 0 heterocycles. The maximum Gasteiger partial charge on any atom is 0.228 e. The first-order valence-corrected chi connectivity index (χ1v) is 7.93. The van der Waals surface area contributed by atoms with Gasteiger partial charge in [0.05, 0.1) is 11.8 Å². The van der Waals surface area contributed by atoms with Crippen LogP contribution in [0, 0.1) is 24.6 Å². The zero-order valence-corrected chi connectivity index (χ0v) is 13.4. The van der Waals surface area contributed by atoms with Crippen LogP contribution in [0.4, 0.5) is 10.1 Å². The van der Waals surface area contributed by atoms with E-state index in [1.54, 1.807) is 18.2 Å². The fourth-order valence-corrected chi connectivity index (χ4v) is 2.60. The van der Waals surface area contributed by atoms with Gasteiger partial charge in [-0.3, -0.25) is 9.59 Å². The van der Waals surface area contributed by atoms with Crippen LogP contribution >= 0.6 is 0 Å². The van der Waals surface area contributed by atoms with E-state index in [0.717, 1.165) is 11.3 Å². The van der Waals surface area contributed by atoms with E-state index >= 15 is 0 Å². The first-order chi connectivity index (χ1) is 11.5. The van der Waals surface area contributed by atoms with E-state index < -0.39 is 0 Å². The topological polar surface area (TPSA) is 58.2 Å². The van der Waals surface area contributed by atoms with E-state index in [0.29, 0.717) is 12.0 Å². The van der Waals surface area contributed by atoms with Gasteiger partial charge in [0.2, 0.25) is 11.8 Å². The van der Waals surface area contributed by atoms with Gasteiger partial charge in [-0.15, -0.1) is 0 Å². The molecule has 0 aromatic heterocycles. The zero-order valence-electron chi connectivity index (χ0n) is 13.4. The van der Waals surface area contributed by atoms with Crippen molar-refractivity contribution in [2.75, 3.05) is 5.32 Å². The number of hydrogen-bond acceptors (Lipinski definition) is 2. The van der Waals surface area contributed by atoms with Gasteiger partial charge in [-0.2, -0.15) is 0 Å². The smallest absolute Gasteiger partial charge is 0.228 e. The number of hydrogen-bond donors (Lipinski definition) is 2. The molecule has 24 heavy (non-hydrogen) atoms. The number of halogens is 1. The summed E-state index contributed by atoms with van der Waals surface area (Å²) in [5.74, 6) is -1.34. The predicted octanol–water partition coefficient (Wildman–Crippen LogP) is 3.03. The molecule has 4 nitrogen and oxygen atoms in total. The van der Waals surface area contributed by atoms with Crippen molar-refractivity contribution >= 4 is 17.5 Å². The van der Waals surface area contributed by atoms with Crippen molar-refractivity contribution in [1.29, 1.82) is 0 Å². The summed E-state index contributed by atoms with van der Waals surface area (Å²) in [6.45, 7) is 2.11. The number of benzene rings is 2. The zero-order chi connectivity index (χ0) is 17.1. The molecule has 1 aliphatic rings. The molecule has 2 atom stereocenters. The average molecular weight is 326 g/mol. The Morgan fingerprint density at radius 3 is 2.42 bits per heavy atom. The first kappa shape index (κ1) is 16.2. The summed E-state index contributed by atoms with van der Waals surface area (Å²) in [7, 11) is 0. The molecule has 2 unspecified atom stereocenters. The number of carbonyl (C=O) groups excluding carboxylic acids is 2. The molecular weight excluding hydrogens is 307 g/mol. The Kier molecular flexibility index (Phi) is 4.60. The SMILES string of the molecule is Cc1ccc(NC(=O)C2CC2C(=O)NCc2ccccc2F)cc1. The van der Waals surface area contributed by atoms with Gasteiger partial charge in [0.25, 0.3) is 0 Å². The van der Waals surface area contributed by atoms with Crippen molar-refractivity contribution in [2.45, 2.75) is 19.9 Å². The minimum atomic E-state index is -0.345. The predicted molar refractivity (Wildman–Crippen MR) is 89.7 cm³/mol. The first-order valence-electron chi connectivity index (χ1n) is 7.93. The van der Waals surface area contributed by atoms with Crippen molar-refractivity contribution in [3.63, 3.8) is 0 Å². The molecule has 124 valence electrons. The minimum absolute atomic E-state index is 0.133. The van der Waals surface area contributed by atoms with E-state index in [4.69, 9.17) is 0 Å². The molecular formula is C19H19FN2O2. The Balaban J connectivity index is 1.49. The van der Waals surface area contributed by atoms with Crippen LogP contribution in [0.1, 0.15) is 17.5 Å². The molecule has 2 aromatic rings. The fraction of sp³-hybridized carbons (Fsp3) is 0.263. The van der Waals surface area contributed by atoms with Crippen molar-refractivity contribution in [3.05, 3.63) is 65.5 Å². The van der Waals surface area contributed by atoms with Gasteiger partial charge in [0, 0.05) is 17.8 Å². The molecule has 0 bridgehead atoms. The summed E-state index contributed by atoms with van der Waals surface area (Å²) >= 11 is 0. The van der Waals surface area contributed by atoms with Crippen LogP contribution in [0.3, 0.4) is 0 Å². The van der Waals surface area contributed by atoms with Crippen LogP contribution in [-0.2, 0) is 16.1 Å². The molecule has 2 amide bonds. The molecule has 1 saturated carbocycles. The van der Waals surface area contributed by atoms with Crippen molar-refractivity contribution in [1.82, 2.24) is 5.32 Å². The van der Waals surface area contributed by atoms with Crippen molar-refractivity contribution in [2.24, 2.45) is 11.8 Å². The molecule has 5 heteroatoms. The summed E-state index contributed by atoms with van der Waals surface area (Å²) < 4.78 is 13.5. The number of amides is 2. The number of rotatable bonds is 5. The van der Waals surface area contributed by atoms with Crippen molar-refractivity contribution < 1.29 is 14.0 Å². The van der Waals surface area contributed by atoms with Gasteiger partial charge in [0.15, 0.2) is 0 Å². The van der Waals surface area contributed by atoms with E-state index in [2.05, 4.69) is 10.6 Å². The highest BCUT2D eigenvalue weighted by Crippen LogP contribution is 2.39. The van der Waals surface area contributed by atoms with E-state index in [1.807, 2.05) is 31.2 Å². The average Bonchev–Trinajstić information content (AvgIpc) is 3.37. The van der Waals surface area contributed by atoms with Crippen LogP contribution in [-0.4, -0.2) is 11.8 Å². The highest BCUT2D eigenvalue weighted by Gasteiger charge is 2.47. The second-order valence-corrected chi connectivity index (χ2v) is 6.11. The lowest BCUT2D eigenvalue weighted by molar-refractivity contribution is -0.125. The Morgan fingerprint density at radius 2 is 1.71 bits per heavy atom. The number of carbonyl (C=O) groups is 2. The molecule has 1 fully saturated rings. The summed E-state index contributed by atoms with van der Waals surface area (Å²) in [4.78, 5) is 24.2. The van der Waals surface area contributed by atoms with Crippen molar-refractivity contribution in [3.8, 4) is 0 Å². The quantitative estimate of drug-likeness (QED) is 0.887. The number of aryl methyl sites for hydroxylation is 1. The molecule has 2 N–H and O–H groups in total. The second kappa shape index (κ2) is 6.83. The highest BCUT2D eigenvalue weighted by atomic mass is 19.1. The normalized spacial score (nSPS) is 18.8. The Morgan fingerprint density at radius 1 is 1.04 bits per heavy atom. The summed E-state index contributed by atoms with van der Waals surface area (Å²) in [5, 5.41) is 5.52. The highest BCUT2D eigenvalue weighted by molar-refractivity contribution is 5.99. The standard InChI is InChI=1S/C19H19FN2O2/c1-12-6-8-14(9-7-12)22-19(24)16-10-15(16)18(23)21-11-13-4-2-3-5-17(13)20/h2-9,15-16H,10-11H2,1H3,(H,21,23)(H,22,24). The van der Waals surface area contributed by atoms with Gasteiger partial charge in [-0.05, 0) is 31.5 Å². The lowest BCUT2D eigenvalue weighted by atomic mass is 10.2. The van der Waals surface area contributed by atoms with E-state index in [1.165, 1.54) is 6.07 Å². The van der Waals surface area contributed by atoms with E-state index in [9.17, 15) is 14.0 Å². The maximum atomic E-state index is 13.5. The third kappa shape index (κ3) is 3.79. The van der Waals surface area contributed by atoms with Gasteiger partial charge in [0.1, 0.15) is 5.82 Å². The van der Waals surface area contributed by atoms with Gasteiger partial charge >= 0.3 is 0 Å². The molecule has 3 rings (SSSR count). The minimum Gasteiger partial charge on any atom is -0.352 e. The summed E-state index contributed by atoms with van der Waals surface area (Å²) in [5.41, 5.74) is 2.28. The van der Waals surface area contributed by atoms with Crippen LogP contribution in [0.25, 0.3) is 0 Å². The Labute approximate surface area is 140 Å². The molecule has 2 aromatic carbocycles. The monoisotopic (exact) mass is 326 g/mol. The molecule has 0 aliphatic heterocycles. The molecule has 0 saturated heterocycles. The van der Waals surface area contributed by atoms with Crippen LogP contribution < -0.4 is 10.6 Å². The largest absolute Gasteiger partial charge is 0.352 e. The maximum absolute atomic E-state index is 13.5. The molecule has 1 aliphatic carbocycles. The molecule has 0 spiro atoms. The lowest BCUT2D eigenvalue weighted by Gasteiger charge is -2.07. The lowest BCUT2D eigenvalue weighted by Crippen LogP contribution is -2.27. The van der Waals surface area contributed by atoms with Gasteiger partial charge in [-0.1, -0.05) is 35.9 Å². The third-order valence-corrected chi connectivity index (χ3v) is 4.19. The van der Waals surface area contributed by atoms with Crippen LogP contribution in [0.5, 0.6) is 0 Å².